The van der Waals surface area contributed by atoms with Crippen LogP contribution in [0.2, 0.25) is 0 Å². The molecule has 0 aliphatic carbocycles. The van der Waals surface area contributed by atoms with Crippen LogP contribution in [0.4, 0.5) is 22.0 Å². The monoisotopic (exact) mass is 481 g/mol. The van der Waals surface area contributed by atoms with Crippen LogP contribution in [0.15, 0.2) is 30.3 Å². The molecule has 2 aromatic rings. The van der Waals surface area contributed by atoms with Crippen molar-refractivity contribution in [3.05, 3.63) is 59.4 Å². The maximum absolute atomic E-state index is 14.1. The fraction of sp³-hybridized carbons (Fsp3) is 0.350. The van der Waals surface area contributed by atoms with Gasteiger partial charge < -0.3 is 13.8 Å². The fourth-order valence-electron chi connectivity index (χ4n) is 2.42. The van der Waals surface area contributed by atoms with Gasteiger partial charge >= 0.3 is 13.7 Å². The van der Waals surface area contributed by atoms with E-state index in [2.05, 4.69) is 9.61 Å². The van der Waals surface area contributed by atoms with Gasteiger partial charge in [0.2, 0.25) is 34.8 Å². The number of hydrogen-bond acceptors (Lipinski definition) is 5. The van der Waals surface area contributed by atoms with Crippen molar-refractivity contribution in [1.82, 2.24) is 5.09 Å². The number of halogens is 5. The number of nitrogens with one attached hydrogen (secondary N) is 1. The summed E-state index contributed by atoms with van der Waals surface area (Å²) in [7, 11) is -4.91. The summed E-state index contributed by atoms with van der Waals surface area (Å²) >= 11 is 0. The Bertz CT molecular complexity index is 963. The van der Waals surface area contributed by atoms with Crippen molar-refractivity contribution in [2.45, 2.75) is 39.2 Å². The molecule has 176 valence electrons. The topological polar surface area (TPSA) is 73.9 Å². The van der Waals surface area contributed by atoms with Gasteiger partial charge in [0, 0.05) is 0 Å². The molecule has 2 aromatic carbocycles. The van der Waals surface area contributed by atoms with E-state index < -0.39 is 54.6 Å². The van der Waals surface area contributed by atoms with Gasteiger partial charge in [0.1, 0.15) is 11.8 Å². The maximum atomic E-state index is 14.1. The number of para-hydroxylation sites is 1. The van der Waals surface area contributed by atoms with Crippen LogP contribution in [0.25, 0.3) is 0 Å². The summed E-state index contributed by atoms with van der Waals surface area (Å²) in [5.41, 5.74) is 0. The van der Waals surface area contributed by atoms with Gasteiger partial charge in [-0.1, -0.05) is 38.0 Å². The molecule has 1 N–H and O–H groups in total. The van der Waals surface area contributed by atoms with E-state index in [0.29, 0.717) is 6.42 Å². The number of ether oxygens (including phenoxy) is 1. The van der Waals surface area contributed by atoms with Gasteiger partial charge in [0.15, 0.2) is 0 Å². The first-order valence-electron chi connectivity index (χ1n) is 9.59. The Morgan fingerprint density at radius 2 is 1.50 bits per heavy atom. The van der Waals surface area contributed by atoms with Crippen molar-refractivity contribution in [2.75, 3.05) is 6.61 Å². The smallest absolute Gasteiger partial charge is 0.465 e. The van der Waals surface area contributed by atoms with E-state index in [4.69, 9.17) is 9.26 Å². The lowest BCUT2D eigenvalue weighted by atomic mass is 10.3. The normalized spacial score (nSPS) is 13.8. The number of hydrogen-bond donors (Lipinski definition) is 1. The van der Waals surface area contributed by atoms with Gasteiger partial charge in [-0.15, -0.1) is 0 Å². The summed E-state index contributed by atoms with van der Waals surface area (Å²) in [6.45, 7) is 3.21. The highest BCUT2D eigenvalue weighted by atomic mass is 31.2. The lowest BCUT2D eigenvalue weighted by Gasteiger charge is -2.23. The third kappa shape index (κ3) is 6.43. The lowest BCUT2D eigenvalue weighted by Crippen LogP contribution is -2.36. The molecule has 12 heteroatoms. The molecule has 0 amide bonds. The highest BCUT2D eigenvalue weighted by molar-refractivity contribution is 7.52. The highest BCUT2D eigenvalue weighted by Crippen LogP contribution is 2.47. The SMILES string of the molecule is CCCCCOC(=O)[C@H](C)NP(=O)(Oc1ccccc1)Oc1c(F)c(F)c(F)c(F)c1F. The van der Waals surface area contributed by atoms with Gasteiger partial charge in [-0.2, -0.15) is 13.9 Å². The molecule has 0 saturated carbocycles. The van der Waals surface area contributed by atoms with E-state index in [-0.39, 0.29) is 12.4 Å². The first-order chi connectivity index (χ1) is 15.1. The summed E-state index contributed by atoms with van der Waals surface area (Å²) in [5.74, 6) is -14.6. The highest BCUT2D eigenvalue weighted by Gasteiger charge is 2.38. The summed E-state index contributed by atoms with van der Waals surface area (Å²) < 4.78 is 96.5. The average Bonchev–Trinajstić information content (AvgIpc) is 2.77. The van der Waals surface area contributed by atoms with Crippen molar-refractivity contribution in [2.24, 2.45) is 0 Å². The molecule has 0 aliphatic heterocycles. The molecule has 1 unspecified atom stereocenters. The number of benzene rings is 2. The minimum atomic E-state index is -4.91. The second-order valence-corrected chi connectivity index (χ2v) is 8.24. The number of unbranched alkanes of at least 4 members (excludes halogenated alkanes) is 2. The molecule has 6 nitrogen and oxygen atoms in total. The molecule has 0 saturated heterocycles. The summed E-state index contributed by atoms with van der Waals surface area (Å²) in [6.07, 6.45) is 2.25. The summed E-state index contributed by atoms with van der Waals surface area (Å²) in [6, 6.07) is 5.71. The van der Waals surface area contributed by atoms with Crippen molar-refractivity contribution in [3.63, 3.8) is 0 Å². The minimum Gasteiger partial charge on any atom is -0.465 e. The zero-order valence-electron chi connectivity index (χ0n) is 17.2. The van der Waals surface area contributed by atoms with E-state index >= 15 is 0 Å². The van der Waals surface area contributed by atoms with Crippen LogP contribution in [-0.2, 0) is 14.1 Å². The zero-order chi connectivity index (χ0) is 23.9. The van der Waals surface area contributed by atoms with Crippen LogP contribution in [-0.4, -0.2) is 18.6 Å². The van der Waals surface area contributed by atoms with E-state index in [9.17, 15) is 31.3 Å². The minimum absolute atomic E-state index is 0.0705. The molecule has 0 aromatic heterocycles. The molecular weight excluding hydrogens is 460 g/mol. The van der Waals surface area contributed by atoms with Crippen molar-refractivity contribution in [1.29, 1.82) is 0 Å². The van der Waals surface area contributed by atoms with E-state index in [1.165, 1.54) is 31.2 Å². The molecular formula is C20H21F5NO5P. The quantitative estimate of drug-likeness (QED) is 0.112. The Kier molecular flexibility index (Phi) is 9.03. The van der Waals surface area contributed by atoms with Crippen LogP contribution >= 0.6 is 7.75 Å². The second-order valence-electron chi connectivity index (χ2n) is 6.62. The molecule has 2 rings (SSSR count). The Hall–Kier alpha value is -2.65. The molecule has 0 fully saturated rings. The molecule has 2 atom stereocenters. The number of rotatable bonds is 11. The summed E-state index contributed by atoms with van der Waals surface area (Å²) in [5, 5.41) is 2.10. The van der Waals surface area contributed by atoms with Crippen molar-refractivity contribution in [3.8, 4) is 11.5 Å². The van der Waals surface area contributed by atoms with Gasteiger partial charge in [0.05, 0.1) is 6.61 Å². The van der Waals surface area contributed by atoms with Gasteiger partial charge in [-0.05, 0) is 25.5 Å². The van der Waals surface area contributed by atoms with E-state index in [1.807, 2.05) is 6.92 Å². The van der Waals surface area contributed by atoms with Crippen LogP contribution < -0.4 is 14.1 Å². The molecule has 0 spiro atoms. The number of carbonyl (C=O) groups excluding carboxylic acids is 1. The largest absolute Gasteiger partial charge is 0.513 e. The third-order valence-corrected chi connectivity index (χ3v) is 5.62. The van der Waals surface area contributed by atoms with Crippen LogP contribution in [0.3, 0.4) is 0 Å². The molecule has 0 radical (unpaired) electrons. The number of carbonyl (C=O) groups is 1. The molecule has 32 heavy (non-hydrogen) atoms. The van der Waals surface area contributed by atoms with E-state index in [1.54, 1.807) is 6.07 Å². The molecule has 0 heterocycles. The zero-order valence-corrected chi connectivity index (χ0v) is 18.1. The Morgan fingerprint density at radius 3 is 2.06 bits per heavy atom. The van der Waals surface area contributed by atoms with Crippen LogP contribution in [0.1, 0.15) is 33.1 Å². The predicted molar refractivity (Wildman–Crippen MR) is 105 cm³/mol. The van der Waals surface area contributed by atoms with Gasteiger partial charge in [0.25, 0.3) is 0 Å². The lowest BCUT2D eigenvalue weighted by molar-refractivity contribution is -0.145. The second kappa shape index (κ2) is 11.3. The third-order valence-electron chi connectivity index (χ3n) is 4.05. The standard InChI is InChI=1S/C20H21F5NO5P/c1-3-4-8-11-29-20(27)12(2)26-32(28,30-13-9-6-5-7-10-13)31-19-17(24)15(22)14(21)16(23)18(19)25/h5-7,9-10,12H,3-4,8,11H2,1-2H3,(H,26,28)/t12-,32?/m0/s1. The first kappa shape index (κ1) is 25.6. The fourth-order valence-corrected chi connectivity index (χ4v) is 3.94. The van der Waals surface area contributed by atoms with Crippen molar-refractivity contribution < 1.29 is 45.1 Å². The van der Waals surface area contributed by atoms with Crippen molar-refractivity contribution >= 4 is 13.7 Å². The first-order valence-corrected chi connectivity index (χ1v) is 11.1. The Morgan fingerprint density at radius 1 is 0.938 bits per heavy atom. The van der Waals surface area contributed by atoms with Crippen LogP contribution in [0.5, 0.6) is 11.5 Å². The average molecular weight is 481 g/mol. The van der Waals surface area contributed by atoms with Crippen LogP contribution in [0, 0.1) is 29.1 Å². The Labute approximate surface area is 181 Å². The Balaban J connectivity index is 2.32. The van der Waals surface area contributed by atoms with Gasteiger partial charge in [-0.25, -0.2) is 17.7 Å². The number of esters is 1. The molecule has 0 bridgehead atoms. The van der Waals surface area contributed by atoms with Gasteiger partial charge in [-0.3, -0.25) is 4.79 Å². The van der Waals surface area contributed by atoms with E-state index in [0.717, 1.165) is 12.8 Å². The predicted octanol–water partition coefficient (Wildman–Crippen LogP) is 5.66. The summed E-state index contributed by atoms with van der Waals surface area (Å²) in [4.78, 5) is 12.1. The molecule has 0 aliphatic rings. The maximum Gasteiger partial charge on any atom is 0.513 e.